The lowest BCUT2D eigenvalue weighted by Crippen LogP contribution is -2.65. The van der Waals surface area contributed by atoms with Gasteiger partial charge in [-0.05, 0) is 31.9 Å². The van der Waals surface area contributed by atoms with Gasteiger partial charge >= 0.3 is 0 Å². The molecule has 0 saturated carbocycles. The van der Waals surface area contributed by atoms with Crippen LogP contribution in [0.5, 0.6) is 0 Å². The van der Waals surface area contributed by atoms with Crippen molar-refractivity contribution in [1.82, 2.24) is 4.90 Å². The minimum Gasteiger partial charge on any atom is -0.322 e. The maximum atomic E-state index is 2.71. The molecule has 1 aliphatic heterocycles. The Morgan fingerprint density at radius 2 is 1.46 bits per heavy atom. The van der Waals surface area contributed by atoms with Gasteiger partial charge in [0.2, 0.25) is 0 Å². The minimum atomic E-state index is 0.343. The van der Waals surface area contributed by atoms with Gasteiger partial charge in [0.25, 0.3) is 0 Å². The minimum absolute atomic E-state index is 0.343. The van der Waals surface area contributed by atoms with Crippen molar-refractivity contribution in [3.8, 4) is 0 Å². The average Bonchev–Trinajstić information content (AvgIpc) is 2.61. The van der Waals surface area contributed by atoms with Crippen LogP contribution in [0.1, 0.15) is 37.9 Å². The van der Waals surface area contributed by atoms with Gasteiger partial charge < -0.3 is 4.48 Å². The van der Waals surface area contributed by atoms with Crippen molar-refractivity contribution in [1.29, 1.82) is 0 Å². The van der Waals surface area contributed by atoms with Gasteiger partial charge in [-0.1, -0.05) is 60.7 Å². The zero-order valence-corrected chi connectivity index (χ0v) is 15.5. The highest BCUT2D eigenvalue weighted by Gasteiger charge is 2.41. The molecule has 128 valence electrons. The molecule has 0 spiro atoms. The smallest absolute Gasteiger partial charge is 0.0989 e. The van der Waals surface area contributed by atoms with Crippen molar-refractivity contribution >= 4 is 0 Å². The first kappa shape index (κ1) is 17.2. The van der Waals surface area contributed by atoms with Gasteiger partial charge in [0.1, 0.15) is 0 Å². The number of hydrogen-bond acceptors (Lipinski definition) is 1. The summed E-state index contributed by atoms with van der Waals surface area (Å²) in [5.41, 5.74) is 2.80. The van der Waals surface area contributed by atoms with Gasteiger partial charge in [0.15, 0.2) is 0 Å². The molecule has 2 heteroatoms. The molecule has 0 aromatic heterocycles. The predicted molar refractivity (Wildman–Crippen MR) is 102 cm³/mol. The Hall–Kier alpha value is -1.64. The Labute approximate surface area is 147 Å². The molecule has 3 unspecified atom stereocenters. The van der Waals surface area contributed by atoms with E-state index >= 15 is 0 Å². The summed E-state index contributed by atoms with van der Waals surface area (Å²) in [5, 5.41) is 0. The van der Waals surface area contributed by atoms with Crippen molar-refractivity contribution in [3.05, 3.63) is 71.8 Å². The maximum Gasteiger partial charge on any atom is 0.0989 e. The summed E-state index contributed by atoms with van der Waals surface area (Å²) in [5.74, 6) is 0. The molecule has 1 fully saturated rings. The fourth-order valence-electron chi connectivity index (χ4n) is 4.22. The van der Waals surface area contributed by atoms with Gasteiger partial charge in [-0.3, -0.25) is 4.90 Å². The van der Waals surface area contributed by atoms with Crippen LogP contribution in [0.25, 0.3) is 0 Å². The second-order valence-electron chi connectivity index (χ2n) is 7.60. The number of hydrogen-bond donors (Lipinski definition) is 0. The van der Waals surface area contributed by atoms with E-state index in [-0.39, 0.29) is 0 Å². The average molecular weight is 324 g/mol. The number of nitrogens with zero attached hydrogens (tertiary/aromatic N) is 2. The first-order chi connectivity index (χ1) is 11.5. The largest absolute Gasteiger partial charge is 0.322 e. The highest BCUT2D eigenvalue weighted by atomic mass is 15.4. The molecule has 0 N–H and O–H groups in total. The lowest BCUT2D eigenvalue weighted by atomic mass is 9.93. The van der Waals surface area contributed by atoms with E-state index < -0.39 is 0 Å². The van der Waals surface area contributed by atoms with Crippen LogP contribution < -0.4 is 0 Å². The SMILES string of the molecule is CC[N+]1(C)CC(C)N(C(c2ccccc2)c2ccccc2)CC1C. The molecule has 0 radical (unpaired) electrons. The summed E-state index contributed by atoms with van der Waals surface area (Å²) in [6.45, 7) is 10.7. The second kappa shape index (κ2) is 7.08. The third-order valence-electron chi connectivity index (χ3n) is 6.07. The molecule has 1 heterocycles. The molecule has 2 aromatic carbocycles. The number of rotatable bonds is 4. The van der Waals surface area contributed by atoms with E-state index in [1.54, 1.807) is 0 Å². The van der Waals surface area contributed by atoms with Crippen LogP contribution in [0.4, 0.5) is 0 Å². The van der Waals surface area contributed by atoms with Crippen molar-refractivity contribution in [2.75, 3.05) is 26.7 Å². The van der Waals surface area contributed by atoms with Crippen LogP contribution in [0.3, 0.4) is 0 Å². The highest BCUT2D eigenvalue weighted by molar-refractivity contribution is 5.32. The molecule has 2 nitrogen and oxygen atoms in total. The zero-order chi connectivity index (χ0) is 17.2. The van der Waals surface area contributed by atoms with Gasteiger partial charge in [-0.25, -0.2) is 0 Å². The Kier molecular flexibility index (Phi) is 5.07. The predicted octanol–water partition coefficient (Wildman–Crippen LogP) is 4.34. The van der Waals surface area contributed by atoms with E-state index in [2.05, 4.69) is 93.4 Å². The van der Waals surface area contributed by atoms with Crippen LogP contribution in [0.2, 0.25) is 0 Å². The lowest BCUT2D eigenvalue weighted by molar-refractivity contribution is -0.937. The van der Waals surface area contributed by atoms with E-state index in [1.807, 2.05) is 0 Å². The molecule has 24 heavy (non-hydrogen) atoms. The van der Waals surface area contributed by atoms with Gasteiger partial charge in [0, 0.05) is 0 Å². The quantitative estimate of drug-likeness (QED) is 0.757. The van der Waals surface area contributed by atoms with Crippen LogP contribution >= 0.6 is 0 Å². The van der Waals surface area contributed by atoms with E-state index in [0.29, 0.717) is 18.1 Å². The second-order valence-corrected chi connectivity index (χ2v) is 7.60. The summed E-state index contributed by atoms with van der Waals surface area (Å²) < 4.78 is 1.17. The Balaban J connectivity index is 1.98. The number of quaternary nitrogens is 1. The molecule has 1 aliphatic rings. The standard InChI is InChI=1S/C22H31N2/c1-5-24(4)17-18(2)23(16-19(24)3)22(20-12-8-6-9-13-20)21-14-10-7-11-15-21/h6-15,18-19,22H,5,16-17H2,1-4H3/q+1. The summed E-state index contributed by atoms with van der Waals surface area (Å²) in [6.07, 6.45) is 0. The zero-order valence-electron chi connectivity index (χ0n) is 15.5. The monoisotopic (exact) mass is 323 g/mol. The molecule has 0 amide bonds. The first-order valence-electron chi connectivity index (χ1n) is 9.25. The van der Waals surface area contributed by atoms with Crippen molar-refractivity contribution in [2.24, 2.45) is 0 Å². The molecule has 3 atom stereocenters. The fourth-order valence-corrected chi connectivity index (χ4v) is 4.22. The van der Waals surface area contributed by atoms with Crippen LogP contribution in [-0.2, 0) is 0 Å². The number of benzene rings is 2. The highest BCUT2D eigenvalue weighted by Crippen LogP contribution is 2.34. The molecule has 0 bridgehead atoms. The lowest BCUT2D eigenvalue weighted by Gasteiger charge is -2.51. The molecule has 3 rings (SSSR count). The third-order valence-corrected chi connectivity index (χ3v) is 6.07. The molecular formula is C22H31N2+. The number of piperazine rings is 1. The summed E-state index contributed by atoms with van der Waals surface area (Å²) in [7, 11) is 2.42. The Morgan fingerprint density at radius 1 is 0.958 bits per heavy atom. The van der Waals surface area contributed by atoms with Gasteiger partial charge in [0.05, 0.1) is 44.8 Å². The van der Waals surface area contributed by atoms with Crippen LogP contribution in [0.15, 0.2) is 60.7 Å². The van der Waals surface area contributed by atoms with E-state index in [9.17, 15) is 0 Å². The molecule has 1 saturated heterocycles. The molecular weight excluding hydrogens is 292 g/mol. The number of likely N-dealkylation sites (N-methyl/N-ethyl adjacent to an activating group) is 1. The van der Waals surface area contributed by atoms with Gasteiger partial charge in [-0.15, -0.1) is 0 Å². The normalized spacial score (nSPS) is 28.2. The molecule has 0 aliphatic carbocycles. The van der Waals surface area contributed by atoms with Crippen LogP contribution in [-0.4, -0.2) is 48.1 Å². The van der Waals surface area contributed by atoms with Gasteiger partial charge in [-0.2, -0.15) is 0 Å². The summed E-state index contributed by atoms with van der Waals surface area (Å²) >= 11 is 0. The van der Waals surface area contributed by atoms with Crippen molar-refractivity contribution in [2.45, 2.75) is 38.9 Å². The maximum absolute atomic E-state index is 2.71. The van der Waals surface area contributed by atoms with E-state index in [4.69, 9.17) is 0 Å². The van der Waals surface area contributed by atoms with Crippen molar-refractivity contribution in [3.63, 3.8) is 0 Å². The van der Waals surface area contributed by atoms with E-state index in [0.717, 1.165) is 6.54 Å². The summed E-state index contributed by atoms with van der Waals surface area (Å²) in [6, 6.07) is 23.5. The topological polar surface area (TPSA) is 3.24 Å². The van der Waals surface area contributed by atoms with E-state index in [1.165, 1.54) is 28.7 Å². The first-order valence-corrected chi connectivity index (χ1v) is 9.25. The fraction of sp³-hybridized carbons (Fsp3) is 0.455. The molecule has 2 aromatic rings. The van der Waals surface area contributed by atoms with Crippen LogP contribution in [0, 0.1) is 0 Å². The summed E-state index contributed by atoms with van der Waals surface area (Å²) in [4.78, 5) is 2.71. The third kappa shape index (κ3) is 3.26. The Morgan fingerprint density at radius 3 is 1.92 bits per heavy atom. The van der Waals surface area contributed by atoms with Crippen molar-refractivity contribution < 1.29 is 4.48 Å². The Bertz CT molecular complexity index is 600.